The third-order valence-electron chi connectivity index (χ3n) is 2.59. The number of nitrogens with zero attached hydrogens (tertiary/aromatic N) is 3. The van der Waals surface area contributed by atoms with Gasteiger partial charge in [0, 0.05) is 19.8 Å². The molecule has 0 radical (unpaired) electrons. The molecule has 0 aliphatic carbocycles. The second kappa shape index (κ2) is 4.48. The highest BCUT2D eigenvalue weighted by molar-refractivity contribution is 6.07. The SMILES string of the molecule is CNC1=NC(C)N=C(N(C)c2ccc(C)[nH]2)N1. The van der Waals surface area contributed by atoms with Gasteiger partial charge in [0.05, 0.1) is 0 Å². The van der Waals surface area contributed by atoms with Crippen LogP contribution in [0.15, 0.2) is 22.1 Å². The molecule has 1 aliphatic rings. The second-order valence-corrected chi connectivity index (χ2v) is 4.02. The molecule has 1 unspecified atom stereocenters. The van der Waals surface area contributed by atoms with Crippen LogP contribution in [0.1, 0.15) is 12.6 Å². The van der Waals surface area contributed by atoms with Crippen LogP contribution in [-0.2, 0) is 0 Å². The molecular weight excluding hydrogens is 216 g/mol. The molecule has 6 nitrogen and oxygen atoms in total. The lowest BCUT2D eigenvalue weighted by molar-refractivity contribution is 0.749. The minimum absolute atomic E-state index is 0.0767. The highest BCUT2D eigenvalue weighted by Crippen LogP contribution is 2.12. The summed E-state index contributed by atoms with van der Waals surface area (Å²) in [5, 5.41) is 6.13. The topological polar surface area (TPSA) is 67.8 Å². The van der Waals surface area contributed by atoms with Crippen molar-refractivity contribution in [3.63, 3.8) is 0 Å². The van der Waals surface area contributed by atoms with E-state index in [9.17, 15) is 0 Å². The molecule has 3 N–H and O–H groups in total. The number of anilines is 1. The molecule has 1 aromatic heterocycles. The first-order chi connectivity index (χ1) is 8.10. The lowest BCUT2D eigenvalue weighted by Gasteiger charge is -2.25. The molecule has 0 amide bonds. The minimum Gasteiger partial charge on any atom is -0.359 e. The summed E-state index contributed by atoms with van der Waals surface area (Å²) in [4.78, 5) is 14.0. The molecule has 6 heteroatoms. The summed E-state index contributed by atoms with van der Waals surface area (Å²) >= 11 is 0. The van der Waals surface area contributed by atoms with Crippen LogP contribution in [0.5, 0.6) is 0 Å². The van der Waals surface area contributed by atoms with Crippen LogP contribution in [0.25, 0.3) is 0 Å². The van der Waals surface area contributed by atoms with Gasteiger partial charge in [0.2, 0.25) is 5.96 Å². The predicted molar refractivity (Wildman–Crippen MR) is 70.5 cm³/mol. The van der Waals surface area contributed by atoms with Gasteiger partial charge in [-0.1, -0.05) is 0 Å². The smallest absolute Gasteiger partial charge is 0.208 e. The molecule has 92 valence electrons. The summed E-state index contributed by atoms with van der Waals surface area (Å²) in [7, 11) is 3.79. The molecule has 17 heavy (non-hydrogen) atoms. The minimum atomic E-state index is -0.0767. The molecule has 0 saturated heterocycles. The largest absolute Gasteiger partial charge is 0.359 e. The first-order valence-corrected chi connectivity index (χ1v) is 5.60. The van der Waals surface area contributed by atoms with Gasteiger partial charge in [-0.05, 0) is 26.0 Å². The maximum atomic E-state index is 4.45. The zero-order valence-electron chi connectivity index (χ0n) is 10.6. The number of rotatable bonds is 1. The fourth-order valence-corrected chi connectivity index (χ4v) is 1.66. The highest BCUT2D eigenvalue weighted by Gasteiger charge is 2.17. The molecule has 0 spiro atoms. The van der Waals surface area contributed by atoms with Gasteiger partial charge in [0.1, 0.15) is 12.0 Å². The van der Waals surface area contributed by atoms with Crippen LogP contribution in [0, 0.1) is 6.92 Å². The standard InChI is InChI=1S/C11H18N6/c1-7-5-6-9(13-7)17(4)11-15-8(2)14-10(12-3)16-11/h5-6,8,13H,1-4H3,(H2,12,14,15,16). The lowest BCUT2D eigenvalue weighted by atomic mass is 10.5. The van der Waals surface area contributed by atoms with Gasteiger partial charge in [0.15, 0.2) is 5.96 Å². The third kappa shape index (κ3) is 2.41. The summed E-state index contributed by atoms with van der Waals surface area (Å²) in [6, 6.07) is 4.06. The van der Waals surface area contributed by atoms with Crippen molar-refractivity contribution in [1.29, 1.82) is 0 Å². The molecule has 0 saturated carbocycles. The van der Waals surface area contributed by atoms with Gasteiger partial charge in [-0.2, -0.15) is 0 Å². The van der Waals surface area contributed by atoms with Crippen LogP contribution in [-0.4, -0.2) is 37.2 Å². The van der Waals surface area contributed by atoms with E-state index in [1.165, 1.54) is 0 Å². The van der Waals surface area contributed by atoms with Crippen molar-refractivity contribution < 1.29 is 0 Å². The molecule has 2 heterocycles. The van der Waals surface area contributed by atoms with Crippen LogP contribution in [0.2, 0.25) is 0 Å². The maximum Gasteiger partial charge on any atom is 0.208 e. The van der Waals surface area contributed by atoms with Gasteiger partial charge in [-0.15, -0.1) is 0 Å². The monoisotopic (exact) mass is 234 g/mol. The van der Waals surface area contributed by atoms with Crippen molar-refractivity contribution in [2.45, 2.75) is 20.0 Å². The highest BCUT2D eigenvalue weighted by atomic mass is 15.4. The van der Waals surface area contributed by atoms with Crippen molar-refractivity contribution in [3.8, 4) is 0 Å². The number of H-pyrrole nitrogens is 1. The van der Waals surface area contributed by atoms with Crippen molar-refractivity contribution in [1.82, 2.24) is 15.6 Å². The average Bonchev–Trinajstić information content (AvgIpc) is 2.74. The van der Waals surface area contributed by atoms with E-state index >= 15 is 0 Å². The Kier molecular flexibility index (Phi) is 3.03. The molecule has 0 fully saturated rings. The van der Waals surface area contributed by atoms with Gasteiger partial charge in [-0.3, -0.25) is 5.32 Å². The fourth-order valence-electron chi connectivity index (χ4n) is 1.66. The maximum absolute atomic E-state index is 4.45. The summed E-state index contributed by atoms with van der Waals surface area (Å²) < 4.78 is 0. The Morgan fingerprint density at radius 1 is 1.35 bits per heavy atom. The lowest BCUT2D eigenvalue weighted by Crippen LogP contribution is -2.50. The van der Waals surface area contributed by atoms with Crippen LogP contribution < -0.4 is 15.5 Å². The first kappa shape index (κ1) is 11.5. The van der Waals surface area contributed by atoms with Gasteiger partial charge >= 0.3 is 0 Å². The Morgan fingerprint density at radius 3 is 2.71 bits per heavy atom. The van der Waals surface area contributed by atoms with E-state index in [0.29, 0.717) is 0 Å². The van der Waals surface area contributed by atoms with E-state index in [1.807, 2.05) is 45.0 Å². The molecule has 1 aromatic rings. The number of nitrogens with one attached hydrogen (secondary N) is 3. The fraction of sp³-hybridized carbons (Fsp3) is 0.455. The van der Waals surface area contributed by atoms with Crippen LogP contribution in [0.3, 0.4) is 0 Å². The molecule has 1 atom stereocenters. The zero-order chi connectivity index (χ0) is 12.4. The predicted octanol–water partition coefficient (Wildman–Crippen LogP) is 0.640. The Morgan fingerprint density at radius 2 is 2.12 bits per heavy atom. The number of aromatic nitrogens is 1. The van der Waals surface area contributed by atoms with Gasteiger partial charge in [0.25, 0.3) is 0 Å². The molecule has 2 rings (SSSR count). The average molecular weight is 234 g/mol. The number of hydrogen-bond donors (Lipinski definition) is 3. The van der Waals surface area contributed by atoms with Crippen molar-refractivity contribution >= 4 is 17.7 Å². The van der Waals surface area contributed by atoms with E-state index in [1.54, 1.807) is 0 Å². The zero-order valence-corrected chi connectivity index (χ0v) is 10.6. The molecule has 0 bridgehead atoms. The van der Waals surface area contributed by atoms with Crippen molar-refractivity contribution in [3.05, 3.63) is 17.8 Å². The Labute approximate surface area is 101 Å². The number of aryl methyl sites for hydroxylation is 1. The molecule has 1 aliphatic heterocycles. The third-order valence-corrected chi connectivity index (χ3v) is 2.59. The number of hydrogen-bond acceptors (Lipinski definition) is 5. The summed E-state index contributed by atoms with van der Waals surface area (Å²) in [6.45, 7) is 3.97. The van der Waals surface area contributed by atoms with E-state index < -0.39 is 0 Å². The normalized spacial score (nSPS) is 19.2. The summed E-state index contributed by atoms with van der Waals surface area (Å²) in [5.74, 6) is 2.51. The van der Waals surface area contributed by atoms with Crippen molar-refractivity contribution in [2.24, 2.45) is 9.98 Å². The van der Waals surface area contributed by atoms with Crippen LogP contribution in [0.4, 0.5) is 5.82 Å². The number of guanidine groups is 2. The molecular formula is C11H18N6. The van der Waals surface area contributed by atoms with Crippen molar-refractivity contribution in [2.75, 3.05) is 19.0 Å². The van der Waals surface area contributed by atoms with E-state index in [-0.39, 0.29) is 6.17 Å². The summed E-state index contributed by atoms with van der Waals surface area (Å²) in [6.07, 6.45) is -0.0767. The van der Waals surface area contributed by atoms with Gasteiger partial charge < -0.3 is 15.2 Å². The number of aromatic amines is 1. The first-order valence-electron chi connectivity index (χ1n) is 5.60. The van der Waals surface area contributed by atoms with E-state index in [2.05, 4.69) is 25.6 Å². The molecule has 0 aromatic carbocycles. The quantitative estimate of drug-likeness (QED) is 0.668. The van der Waals surface area contributed by atoms with Gasteiger partial charge in [-0.25, -0.2) is 9.98 Å². The Hall–Kier alpha value is -1.98. The Bertz CT molecular complexity index is 458. The number of aliphatic imine (C=N–C) groups is 2. The second-order valence-electron chi connectivity index (χ2n) is 4.02. The van der Waals surface area contributed by atoms with Crippen LogP contribution >= 0.6 is 0 Å². The Balaban J connectivity index is 2.18. The van der Waals surface area contributed by atoms with E-state index in [0.717, 1.165) is 23.4 Å². The summed E-state index contributed by atoms with van der Waals surface area (Å²) in [5.41, 5.74) is 1.12. The van der Waals surface area contributed by atoms with E-state index in [4.69, 9.17) is 0 Å².